The number of carbonyl (C=O) groups excluding carboxylic acids is 3. The topological polar surface area (TPSA) is 164 Å². The lowest BCUT2D eigenvalue weighted by atomic mass is 10.0. The summed E-state index contributed by atoms with van der Waals surface area (Å²) in [6.07, 6.45) is 0.00529. The van der Waals surface area contributed by atoms with Crippen LogP contribution in [0.2, 0.25) is 0 Å². The highest BCUT2D eigenvalue weighted by Gasteiger charge is 2.29. The van der Waals surface area contributed by atoms with Gasteiger partial charge in [0.2, 0.25) is 5.91 Å². The molecule has 3 amide bonds. The molecule has 0 aliphatic rings. The third kappa shape index (κ3) is 10.8. The Morgan fingerprint density at radius 3 is 2.14 bits per heavy atom. The SMILES string of the molecule is CC(NC(=O)C(NC(=O)OC(C)(C)C)C(C)C)C(=O)[NH2+]CCCC(N)C(=O)O. The molecule has 10 heteroatoms. The third-order valence-electron chi connectivity index (χ3n) is 3.79. The van der Waals surface area contributed by atoms with Gasteiger partial charge < -0.3 is 26.2 Å². The molecule has 0 rings (SSSR count). The Morgan fingerprint density at radius 2 is 1.68 bits per heavy atom. The first-order valence-corrected chi connectivity index (χ1v) is 9.40. The number of carboxylic acid groups (broad SMARTS) is 1. The van der Waals surface area contributed by atoms with Crippen molar-refractivity contribution in [1.29, 1.82) is 0 Å². The second-order valence-corrected chi connectivity index (χ2v) is 8.08. The van der Waals surface area contributed by atoms with Gasteiger partial charge in [-0.25, -0.2) is 9.59 Å². The average molecular weight is 404 g/mol. The largest absolute Gasteiger partial charge is 0.480 e. The molecule has 3 unspecified atom stereocenters. The van der Waals surface area contributed by atoms with E-state index in [0.717, 1.165) is 0 Å². The van der Waals surface area contributed by atoms with Crippen molar-refractivity contribution in [3.05, 3.63) is 0 Å². The lowest BCUT2D eigenvalue weighted by Gasteiger charge is -2.25. The maximum absolute atomic E-state index is 12.5. The number of hydrogen-bond acceptors (Lipinski definition) is 6. The van der Waals surface area contributed by atoms with E-state index in [-0.39, 0.29) is 18.2 Å². The minimum absolute atomic E-state index is 0.212. The molecule has 3 atom stereocenters. The molecule has 0 aromatic heterocycles. The Balaban J connectivity index is 4.54. The van der Waals surface area contributed by atoms with Gasteiger partial charge in [-0.15, -0.1) is 0 Å². The number of carboxylic acids is 1. The molecule has 7 N–H and O–H groups in total. The molecule has 28 heavy (non-hydrogen) atoms. The molecular formula is C18H35N4O6+. The second-order valence-electron chi connectivity index (χ2n) is 8.08. The molecule has 0 saturated heterocycles. The van der Waals surface area contributed by atoms with E-state index in [2.05, 4.69) is 10.6 Å². The summed E-state index contributed by atoms with van der Waals surface area (Å²) in [7, 11) is 0. The van der Waals surface area contributed by atoms with Gasteiger partial charge in [0.05, 0.1) is 6.54 Å². The normalized spacial score (nSPS) is 14.7. The first-order valence-electron chi connectivity index (χ1n) is 9.40. The monoisotopic (exact) mass is 403 g/mol. The molecule has 0 aromatic carbocycles. The predicted molar refractivity (Wildman–Crippen MR) is 102 cm³/mol. The zero-order valence-corrected chi connectivity index (χ0v) is 17.6. The third-order valence-corrected chi connectivity index (χ3v) is 3.79. The molecule has 0 aliphatic carbocycles. The summed E-state index contributed by atoms with van der Waals surface area (Å²) >= 11 is 0. The van der Waals surface area contributed by atoms with Gasteiger partial charge in [0.1, 0.15) is 23.7 Å². The van der Waals surface area contributed by atoms with Crippen LogP contribution in [0.4, 0.5) is 4.79 Å². The summed E-state index contributed by atoms with van der Waals surface area (Å²) in [5.74, 6) is -2.07. The standard InChI is InChI=1S/C18H34N4O6/c1-10(2)13(22-17(27)28-18(4,5)6)15(24)21-11(3)14(23)20-9-7-8-12(19)16(25)26/h10-13H,7-9,19H2,1-6H3,(H,20,23)(H,21,24)(H,22,27)(H,25,26)/p+1. The van der Waals surface area contributed by atoms with Crippen molar-refractivity contribution in [3.8, 4) is 0 Å². The molecule has 10 nitrogen and oxygen atoms in total. The van der Waals surface area contributed by atoms with E-state index in [1.54, 1.807) is 41.5 Å². The van der Waals surface area contributed by atoms with Crippen molar-refractivity contribution in [2.24, 2.45) is 11.7 Å². The maximum Gasteiger partial charge on any atom is 0.408 e. The molecule has 162 valence electrons. The number of quaternary nitrogens is 1. The number of carbonyl (C=O) groups is 4. The van der Waals surface area contributed by atoms with E-state index in [1.807, 2.05) is 0 Å². The van der Waals surface area contributed by atoms with Crippen LogP contribution in [-0.4, -0.2) is 59.3 Å². The highest BCUT2D eigenvalue weighted by atomic mass is 16.6. The number of alkyl carbamates (subject to hydrolysis) is 1. The molecule has 0 spiro atoms. The minimum Gasteiger partial charge on any atom is -0.480 e. The molecule has 0 saturated carbocycles. The van der Waals surface area contributed by atoms with E-state index in [9.17, 15) is 19.2 Å². The Morgan fingerprint density at radius 1 is 1.11 bits per heavy atom. The van der Waals surface area contributed by atoms with E-state index >= 15 is 0 Å². The predicted octanol–water partition coefficient (Wildman–Crippen LogP) is -0.677. The first-order chi connectivity index (χ1) is 12.7. The van der Waals surface area contributed by atoms with E-state index in [0.29, 0.717) is 13.0 Å². The number of primary amides is 1. The van der Waals surface area contributed by atoms with Crippen molar-refractivity contribution in [2.45, 2.75) is 78.1 Å². The number of amides is 3. The molecule has 0 aromatic rings. The summed E-state index contributed by atoms with van der Waals surface area (Å²) in [4.78, 5) is 47.2. The Hall–Kier alpha value is -2.20. The van der Waals surface area contributed by atoms with Crippen molar-refractivity contribution in [3.63, 3.8) is 0 Å². The fourth-order valence-electron chi connectivity index (χ4n) is 2.23. The van der Waals surface area contributed by atoms with Gasteiger partial charge in [-0.1, -0.05) is 13.8 Å². The van der Waals surface area contributed by atoms with Crippen LogP contribution < -0.4 is 21.7 Å². The van der Waals surface area contributed by atoms with E-state index in [1.165, 1.54) is 5.32 Å². The average Bonchev–Trinajstić information content (AvgIpc) is 2.53. The Kier molecular flexibility index (Phi) is 10.7. The number of ether oxygens (including phenoxy) is 1. The molecule has 0 fully saturated rings. The fraction of sp³-hybridized carbons (Fsp3) is 0.778. The highest BCUT2D eigenvalue weighted by molar-refractivity contribution is 5.89. The smallest absolute Gasteiger partial charge is 0.408 e. The summed E-state index contributed by atoms with van der Waals surface area (Å²) in [5, 5.41) is 15.2. The lowest BCUT2D eigenvalue weighted by Crippen LogP contribution is -2.91. The number of nitrogens with one attached hydrogen (secondary N) is 2. The molecule has 0 radical (unpaired) electrons. The van der Waals surface area contributed by atoms with Gasteiger partial charge in [-0.2, -0.15) is 0 Å². The van der Waals surface area contributed by atoms with Crippen LogP contribution in [0, 0.1) is 5.92 Å². The van der Waals surface area contributed by atoms with Crippen LogP contribution in [0.5, 0.6) is 0 Å². The summed E-state index contributed by atoms with van der Waals surface area (Å²) in [5.41, 5.74) is 4.71. The van der Waals surface area contributed by atoms with E-state index < -0.39 is 41.7 Å². The zero-order valence-electron chi connectivity index (χ0n) is 17.6. The Labute approximate surface area is 165 Å². The van der Waals surface area contributed by atoms with Crippen LogP contribution in [-0.2, 0) is 19.1 Å². The highest BCUT2D eigenvalue weighted by Crippen LogP contribution is 2.09. The number of nitrogens with two attached hydrogens (primary N) is 2. The summed E-state index contributed by atoms with van der Waals surface area (Å²) < 4.78 is 5.17. The van der Waals surface area contributed by atoms with Crippen LogP contribution in [0.3, 0.4) is 0 Å². The fourth-order valence-corrected chi connectivity index (χ4v) is 2.23. The quantitative estimate of drug-likeness (QED) is 0.302. The molecular weight excluding hydrogens is 368 g/mol. The van der Waals surface area contributed by atoms with Crippen molar-refractivity contribution < 1.29 is 34.3 Å². The lowest BCUT2D eigenvalue weighted by molar-refractivity contribution is -0.570. The zero-order chi connectivity index (χ0) is 22.1. The number of rotatable bonds is 10. The van der Waals surface area contributed by atoms with Crippen LogP contribution >= 0.6 is 0 Å². The summed E-state index contributed by atoms with van der Waals surface area (Å²) in [6.45, 7) is 10.6. The molecule has 0 heterocycles. The number of aliphatic carboxylic acids is 1. The second kappa shape index (κ2) is 11.6. The van der Waals surface area contributed by atoms with Gasteiger partial charge in [-0.05, 0) is 46.5 Å². The number of hydrogen-bond donors (Lipinski definition) is 5. The van der Waals surface area contributed by atoms with Crippen LogP contribution in [0.25, 0.3) is 0 Å². The Bertz CT molecular complexity index is 559. The first kappa shape index (κ1) is 25.8. The molecule has 0 bridgehead atoms. The van der Waals surface area contributed by atoms with Gasteiger partial charge in [-0.3, -0.25) is 14.9 Å². The van der Waals surface area contributed by atoms with Crippen molar-refractivity contribution in [1.82, 2.24) is 10.6 Å². The minimum atomic E-state index is -1.08. The van der Waals surface area contributed by atoms with Crippen molar-refractivity contribution >= 4 is 23.9 Å². The van der Waals surface area contributed by atoms with Gasteiger partial charge >= 0.3 is 18.0 Å². The van der Waals surface area contributed by atoms with Crippen LogP contribution in [0.15, 0.2) is 0 Å². The van der Waals surface area contributed by atoms with Crippen molar-refractivity contribution in [2.75, 3.05) is 6.54 Å². The summed E-state index contributed by atoms with van der Waals surface area (Å²) in [6, 6.07) is -2.58. The van der Waals surface area contributed by atoms with Gasteiger partial charge in [0.25, 0.3) is 0 Å². The van der Waals surface area contributed by atoms with Gasteiger partial charge in [0.15, 0.2) is 0 Å². The molecule has 0 aliphatic heterocycles. The van der Waals surface area contributed by atoms with Crippen LogP contribution in [0.1, 0.15) is 54.4 Å². The van der Waals surface area contributed by atoms with E-state index in [4.69, 9.17) is 15.6 Å². The van der Waals surface area contributed by atoms with Gasteiger partial charge in [0, 0.05) is 0 Å². The maximum atomic E-state index is 12.5.